The fraction of sp³-hybridized carbons (Fsp3) is 0.158. The van der Waals surface area contributed by atoms with Crippen LogP contribution >= 0.6 is 0 Å². The number of aromatic nitrogens is 1. The quantitative estimate of drug-likeness (QED) is 0.580. The van der Waals surface area contributed by atoms with E-state index in [4.69, 9.17) is 0 Å². The van der Waals surface area contributed by atoms with Crippen molar-refractivity contribution in [1.29, 1.82) is 0 Å². The Bertz CT molecular complexity index is 976. The Morgan fingerprint density at radius 1 is 1.21 bits per heavy atom. The lowest BCUT2D eigenvalue weighted by molar-refractivity contribution is -0.114. The van der Waals surface area contributed by atoms with Crippen LogP contribution in [-0.2, 0) is 11.2 Å². The molecule has 5 heteroatoms. The van der Waals surface area contributed by atoms with Gasteiger partial charge in [-0.1, -0.05) is 18.2 Å². The fourth-order valence-corrected chi connectivity index (χ4v) is 3.39. The van der Waals surface area contributed by atoms with E-state index in [0.717, 1.165) is 17.7 Å². The van der Waals surface area contributed by atoms with Crippen LogP contribution in [0.1, 0.15) is 22.8 Å². The molecule has 0 saturated carbocycles. The third kappa shape index (κ3) is 2.12. The van der Waals surface area contributed by atoms with E-state index in [-0.39, 0.29) is 11.6 Å². The lowest BCUT2D eigenvalue weighted by Gasteiger charge is -2.21. The van der Waals surface area contributed by atoms with E-state index >= 15 is 0 Å². The first kappa shape index (κ1) is 14.6. The summed E-state index contributed by atoms with van der Waals surface area (Å²) in [6, 6.07) is 11.7. The van der Waals surface area contributed by atoms with Crippen LogP contribution in [-0.4, -0.2) is 22.7 Å². The maximum Gasteiger partial charge on any atom is 0.299 e. The summed E-state index contributed by atoms with van der Waals surface area (Å²) >= 11 is 0. The van der Waals surface area contributed by atoms with Gasteiger partial charge in [0, 0.05) is 28.8 Å². The molecule has 1 aliphatic heterocycles. The van der Waals surface area contributed by atoms with Gasteiger partial charge in [-0.3, -0.25) is 9.59 Å². The minimum atomic E-state index is -0.587. The van der Waals surface area contributed by atoms with E-state index in [2.05, 4.69) is 4.98 Å². The highest BCUT2D eigenvalue weighted by Crippen LogP contribution is 2.32. The molecule has 2 heterocycles. The number of nitrogens with one attached hydrogen (secondary N) is 1. The molecular weight excluding hydrogens is 307 g/mol. The smallest absolute Gasteiger partial charge is 0.299 e. The third-order valence-corrected chi connectivity index (χ3v) is 4.51. The molecule has 4 nitrogen and oxygen atoms in total. The second kappa shape index (κ2) is 5.30. The summed E-state index contributed by atoms with van der Waals surface area (Å²) in [6.45, 7) is 1.93. The number of carbonyl (C=O) groups is 2. The van der Waals surface area contributed by atoms with Gasteiger partial charge in [-0.05, 0) is 43.2 Å². The van der Waals surface area contributed by atoms with Gasteiger partial charge in [0.15, 0.2) is 0 Å². The normalized spacial score (nSPS) is 16.4. The van der Waals surface area contributed by atoms with Crippen molar-refractivity contribution in [2.45, 2.75) is 19.4 Å². The maximum absolute atomic E-state index is 13.3. The Kier molecular flexibility index (Phi) is 3.23. The average Bonchev–Trinajstić information content (AvgIpc) is 3.13. The number of nitrogens with zero attached hydrogens (tertiary/aromatic N) is 1. The molecule has 2 aromatic carbocycles. The molecule has 120 valence electrons. The zero-order valence-electron chi connectivity index (χ0n) is 13.0. The van der Waals surface area contributed by atoms with Crippen LogP contribution in [0.4, 0.5) is 10.1 Å². The Labute approximate surface area is 137 Å². The van der Waals surface area contributed by atoms with Crippen molar-refractivity contribution in [3.05, 3.63) is 65.6 Å². The van der Waals surface area contributed by atoms with E-state index in [1.54, 1.807) is 4.90 Å². The number of hydrogen-bond donors (Lipinski definition) is 1. The van der Waals surface area contributed by atoms with Gasteiger partial charge in [-0.15, -0.1) is 0 Å². The van der Waals surface area contributed by atoms with Gasteiger partial charge >= 0.3 is 0 Å². The number of rotatable bonds is 2. The molecule has 4 rings (SSSR count). The molecule has 24 heavy (non-hydrogen) atoms. The highest BCUT2D eigenvalue weighted by atomic mass is 19.1. The summed E-state index contributed by atoms with van der Waals surface area (Å²) < 4.78 is 13.3. The summed E-state index contributed by atoms with van der Waals surface area (Å²) in [5, 5.41) is 0.551. The van der Waals surface area contributed by atoms with Crippen molar-refractivity contribution in [3.8, 4) is 0 Å². The molecule has 1 amide bonds. The van der Waals surface area contributed by atoms with Crippen molar-refractivity contribution in [2.75, 3.05) is 4.90 Å². The van der Waals surface area contributed by atoms with Gasteiger partial charge in [-0.2, -0.15) is 0 Å². The van der Waals surface area contributed by atoms with E-state index in [1.165, 1.54) is 24.4 Å². The molecule has 1 aliphatic rings. The van der Waals surface area contributed by atoms with Crippen LogP contribution in [0, 0.1) is 5.82 Å². The molecule has 0 spiro atoms. The zero-order valence-corrected chi connectivity index (χ0v) is 13.0. The monoisotopic (exact) mass is 322 g/mol. The number of para-hydroxylation sites is 1. The summed E-state index contributed by atoms with van der Waals surface area (Å²) in [7, 11) is 0. The molecule has 1 atom stereocenters. The van der Waals surface area contributed by atoms with E-state index in [9.17, 15) is 14.0 Å². The summed E-state index contributed by atoms with van der Waals surface area (Å²) in [5.41, 5.74) is 2.62. The van der Waals surface area contributed by atoms with Gasteiger partial charge in [0.25, 0.3) is 11.7 Å². The number of ketones is 1. The van der Waals surface area contributed by atoms with Crippen molar-refractivity contribution < 1.29 is 14.0 Å². The van der Waals surface area contributed by atoms with Crippen molar-refractivity contribution >= 4 is 28.3 Å². The molecule has 1 N–H and O–H groups in total. The van der Waals surface area contributed by atoms with E-state index in [0.29, 0.717) is 10.9 Å². The van der Waals surface area contributed by atoms with Crippen LogP contribution in [0.25, 0.3) is 10.9 Å². The largest absolute Gasteiger partial charge is 0.360 e. The van der Waals surface area contributed by atoms with Crippen molar-refractivity contribution in [3.63, 3.8) is 0 Å². The molecule has 1 aromatic heterocycles. The highest BCUT2D eigenvalue weighted by molar-refractivity contribution is 6.49. The predicted octanol–water partition coefficient (Wildman–Crippen LogP) is 3.47. The minimum Gasteiger partial charge on any atom is -0.360 e. The van der Waals surface area contributed by atoms with Crippen LogP contribution in [0.15, 0.2) is 48.7 Å². The maximum atomic E-state index is 13.3. The lowest BCUT2D eigenvalue weighted by atomic mass is 10.1. The fourth-order valence-electron chi connectivity index (χ4n) is 3.39. The Hall–Kier alpha value is -2.95. The highest BCUT2D eigenvalue weighted by Gasteiger charge is 2.35. The lowest BCUT2D eigenvalue weighted by Crippen LogP contribution is -2.40. The SMILES string of the molecule is CC1Cc2ccccc2N1C(=O)C(=O)c1c[nH]c2cc(F)ccc12. The first-order valence-corrected chi connectivity index (χ1v) is 7.78. The molecular formula is C19H15FN2O2. The average molecular weight is 322 g/mol. The second-order valence-electron chi connectivity index (χ2n) is 6.08. The predicted molar refractivity (Wildman–Crippen MR) is 89.7 cm³/mol. The Morgan fingerprint density at radius 2 is 2.00 bits per heavy atom. The third-order valence-electron chi connectivity index (χ3n) is 4.51. The van der Waals surface area contributed by atoms with Gasteiger partial charge < -0.3 is 9.88 Å². The number of aromatic amines is 1. The van der Waals surface area contributed by atoms with Crippen LogP contribution < -0.4 is 4.90 Å². The summed E-state index contributed by atoms with van der Waals surface area (Å²) in [6.07, 6.45) is 2.20. The van der Waals surface area contributed by atoms with Gasteiger partial charge in [0.05, 0.1) is 5.56 Å². The molecule has 3 aromatic rings. The molecule has 0 bridgehead atoms. The van der Waals surface area contributed by atoms with Gasteiger partial charge in [0.1, 0.15) is 5.82 Å². The van der Waals surface area contributed by atoms with Gasteiger partial charge in [0.2, 0.25) is 0 Å². The number of benzene rings is 2. The second-order valence-corrected chi connectivity index (χ2v) is 6.08. The first-order chi connectivity index (χ1) is 11.6. The number of Topliss-reactive ketones (excluding diaryl/α,β-unsaturated/α-hetero) is 1. The van der Waals surface area contributed by atoms with Crippen LogP contribution in [0.2, 0.25) is 0 Å². The van der Waals surface area contributed by atoms with E-state index < -0.39 is 17.5 Å². The summed E-state index contributed by atoms with van der Waals surface area (Å²) in [4.78, 5) is 30.0. The topological polar surface area (TPSA) is 53.2 Å². The zero-order chi connectivity index (χ0) is 16.8. The number of amides is 1. The standard InChI is InChI=1S/C19H15FN2O2/c1-11-8-12-4-2-3-5-17(12)22(11)19(24)18(23)15-10-21-16-9-13(20)6-7-14(15)16/h2-7,9-11,21H,8H2,1H3. The van der Waals surface area contributed by atoms with Crippen LogP contribution in [0.3, 0.4) is 0 Å². The summed E-state index contributed by atoms with van der Waals surface area (Å²) in [5.74, 6) is -1.54. The molecule has 0 radical (unpaired) electrons. The molecule has 0 saturated heterocycles. The number of H-pyrrole nitrogens is 1. The Balaban J connectivity index is 1.73. The molecule has 1 unspecified atom stereocenters. The number of hydrogen-bond acceptors (Lipinski definition) is 2. The van der Waals surface area contributed by atoms with E-state index in [1.807, 2.05) is 31.2 Å². The number of anilines is 1. The molecule has 0 aliphatic carbocycles. The van der Waals surface area contributed by atoms with Crippen LogP contribution in [0.5, 0.6) is 0 Å². The Morgan fingerprint density at radius 3 is 2.83 bits per heavy atom. The van der Waals surface area contributed by atoms with Gasteiger partial charge in [-0.25, -0.2) is 4.39 Å². The van der Waals surface area contributed by atoms with Crippen molar-refractivity contribution in [2.24, 2.45) is 0 Å². The number of fused-ring (bicyclic) bond motifs is 2. The minimum absolute atomic E-state index is 0.0681. The number of carbonyl (C=O) groups excluding carboxylic acids is 2. The van der Waals surface area contributed by atoms with Crippen molar-refractivity contribution in [1.82, 2.24) is 4.98 Å². The molecule has 0 fully saturated rings. The first-order valence-electron chi connectivity index (χ1n) is 7.78. The number of halogens is 1.